The molecule has 3 rings (SSSR count). The Kier molecular flexibility index (Phi) is 6.44. The van der Waals surface area contributed by atoms with Gasteiger partial charge in [-0.15, -0.1) is 0 Å². The van der Waals surface area contributed by atoms with Gasteiger partial charge in [-0.3, -0.25) is 14.4 Å². The Hall–Kier alpha value is -3.41. The molecule has 0 saturated carbocycles. The molecule has 0 bridgehead atoms. The van der Waals surface area contributed by atoms with E-state index in [2.05, 4.69) is 4.98 Å². The minimum atomic E-state index is -0.928. The fourth-order valence-corrected chi connectivity index (χ4v) is 3.07. The maximum atomic E-state index is 12.6. The molecule has 1 N–H and O–H groups in total. The van der Waals surface area contributed by atoms with E-state index in [4.69, 9.17) is 9.47 Å². The van der Waals surface area contributed by atoms with Crippen LogP contribution in [-0.4, -0.2) is 35.2 Å². The van der Waals surface area contributed by atoms with Gasteiger partial charge in [0.25, 0.3) is 0 Å². The Morgan fingerprint density at radius 3 is 2.45 bits per heavy atom. The van der Waals surface area contributed by atoms with Gasteiger partial charge in [0.15, 0.2) is 11.9 Å². The molecule has 0 spiro atoms. The molecule has 1 heterocycles. The van der Waals surface area contributed by atoms with Crippen LogP contribution in [0, 0.1) is 0 Å². The van der Waals surface area contributed by atoms with Crippen LogP contribution >= 0.6 is 0 Å². The van der Waals surface area contributed by atoms with Gasteiger partial charge in [0.05, 0.1) is 13.0 Å². The highest BCUT2D eigenvalue weighted by Crippen LogP contribution is 2.20. The number of ether oxygens (including phenoxy) is 2. The summed E-state index contributed by atoms with van der Waals surface area (Å²) in [6.45, 7) is 3.97. The molecule has 2 aromatic carbocycles. The standard InChI is InChI=1S/C23H23NO5/c1-3-28-17-10-8-16(9-11-17)21(25)12-13-22(26)29-15(2)23(27)19-14-24-20-7-5-4-6-18(19)20/h4-11,14-15,24H,3,12-13H2,1-2H3/t15-/m1/s1. The van der Waals surface area contributed by atoms with E-state index in [0.29, 0.717) is 23.5 Å². The molecule has 0 aliphatic rings. The highest BCUT2D eigenvalue weighted by atomic mass is 16.5. The number of para-hydroxylation sites is 1. The van der Waals surface area contributed by atoms with Crippen LogP contribution in [-0.2, 0) is 9.53 Å². The van der Waals surface area contributed by atoms with E-state index in [1.807, 2.05) is 31.2 Å². The predicted octanol–water partition coefficient (Wildman–Crippen LogP) is 4.34. The largest absolute Gasteiger partial charge is 0.494 e. The average Bonchev–Trinajstić information content (AvgIpc) is 3.16. The molecule has 3 aromatic rings. The number of H-pyrrole nitrogens is 1. The number of hydrogen-bond donors (Lipinski definition) is 1. The van der Waals surface area contributed by atoms with Crippen molar-refractivity contribution in [1.82, 2.24) is 4.98 Å². The van der Waals surface area contributed by atoms with Crippen molar-refractivity contribution in [3.8, 4) is 5.75 Å². The highest BCUT2D eigenvalue weighted by molar-refractivity contribution is 6.10. The number of hydrogen-bond acceptors (Lipinski definition) is 5. The van der Waals surface area contributed by atoms with Crippen molar-refractivity contribution in [3.05, 3.63) is 65.9 Å². The minimum Gasteiger partial charge on any atom is -0.494 e. The van der Waals surface area contributed by atoms with Crippen LogP contribution in [0.3, 0.4) is 0 Å². The molecule has 0 aliphatic carbocycles. The number of esters is 1. The quantitative estimate of drug-likeness (QED) is 0.432. The van der Waals surface area contributed by atoms with Crippen LogP contribution in [0.4, 0.5) is 0 Å². The molecule has 0 aliphatic heterocycles. The fourth-order valence-electron chi connectivity index (χ4n) is 3.07. The minimum absolute atomic E-state index is 0.0147. The lowest BCUT2D eigenvalue weighted by Crippen LogP contribution is -2.24. The van der Waals surface area contributed by atoms with Crippen LogP contribution in [0.25, 0.3) is 10.9 Å². The third-order valence-corrected chi connectivity index (χ3v) is 4.58. The number of carbonyl (C=O) groups is 3. The van der Waals surface area contributed by atoms with Gasteiger partial charge < -0.3 is 14.5 Å². The smallest absolute Gasteiger partial charge is 0.306 e. The summed E-state index contributed by atoms with van der Waals surface area (Å²) < 4.78 is 10.6. The number of benzene rings is 2. The normalized spacial score (nSPS) is 11.8. The van der Waals surface area contributed by atoms with Gasteiger partial charge in [-0.1, -0.05) is 18.2 Å². The number of fused-ring (bicyclic) bond motifs is 1. The van der Waals surface area contributed by atoms with Crippen molar-refractivity contribution in [2.75, 3.05) is 6.61 Å². The van der Waals surface area contributed by atoms with E-state index in [0.717, 1.165) is 10.9 Å². The second kappa shape index (κ2) is 9.19. The lowest BCUT2D eigenvalue weighted by atomic mass is 10.1. The van der Waals surface area contributed by atoms with E-state index in [-0.39, 0.29) is 24.4 Å². The summed E-state index contributed by atoms with van der Waals surface area (Å²) in [6.07, 6.45) is 0.618. The fraction of sp³-hybridized carbons (Fsp3) is 0.261. The molecule has 150 valence electrons. The summed E-state index contributed by atoms with van der Waals surface area (Å²) in [6, 6.07) is 14.2. The van der Waals surface area contributed by atoms with Gasteiger partial charge in [-0.2, -0.15) is 0 Å². The number of ketones is 2. The highest BCUT2D eigenvalue weighted by Gasteiger charge is 2.22. The SMILES string of the molecule is CCOc1ccc(C(=O)CCC(=O)O[C@H](C)C(=O)c2c[nH]c3ccccc23)cc1. The molecule has 0 fully saturated rings. The molecule has 0 saturated heterocycles. The summed E-state index contributed by atoms with van der Waals surface area (Å²) >= 11 is 0. The summed E-state index contributed by atoms with van der Waals surface area (Å²) in [5, 5.41) is 0.783. The third kappa shape index (κ3) is 4.90. The zero-order valence-electron chi connectivity index (χ0n) is 16.4. The average molecular weight is 393 g/mol. The molecule has 29 heavy (non-hydrogen) atoms. The van der Waals surface area contributed by atoms with Crippen molar-refractivity contribution < 1.29 is 23.9 Å². The van der Waals surface area contributed by atoms with Crippen LogP contribution < -0.4 is 4.74 Å². The monoisotopic (exact) mass is 393 g/mol. The number of aromatic amines is 1. The number of rotatable bonds is 9. The first-order valence-corrected chi connectivity index (χ1v) is 9.55. The number of nitrogens with one attached hydrogen (secondary N) is 1. The summed E-state index contributed by atoms with van der Waals surface area (Å²) in [5.74, 6) is -0.340. The first kappa shape index (κ1) is 20.3. The number of carbonyl (C=O) groups excluding carboxylic acids is 3. The van der Waals surface area contributed by atoms with E-state index < -0.39 is 12.1 Å². The van der Waals surface area contributed by atoms with E-state index in [1.54, 1.807) is 30.5 Å². The van der Waals surface area contributed by atoms with Crippen LogP contribution in [0.2, 0.25) is 0 Å². The molecular weight excluding hydrogens is 370 g/mol. The van der Waals surface area contributed by atoms with E-state index in [1.165, 1.54) is 6.92 Å². The summed E-state index contributed by atoms with van der Waals surface area (Å²) in [4.78, 5) is 40.0. The van der Waals surface area contributed by atoms with Crippen LogP contribution in [0.15, 0.2) is 54.7 Å². The molecule has 0 unspecified atom stereocenters. The molecule has 1 atom stereocenters. The summed E-state index contributed by atoms with van der Waals surface area (Å²) in [7, 11) is 0. The predicted molar refractivity (Wildman–Crippen MR) is 109 cm³/mol. The lowest BCUT2D eigenvalue weighted by molar-refractivity contribution is -0.146. The van der Waals surface area contributed by atoms with Gasteiger partial charge >= 0.3 is 5.97 Å². The third-order valence-electron chi connectivity index (χ3n) is 4.58. The maximum Gasteiger partial charge on any atom is 0.306 e. The molecular formula is C23H23NO5. The Labute approximate surface area is 168 Å². The zero-order valence-corrected chi connectivity index (χ0v) is 16.4. The van der Waals surface area contributed by atoms with Gasteiger partial charge in [0, 0.05) is 34.6 Å². The first-order valence-electron chi connectivity index (χ1n) is 9.55. The van der Waals surface area contributed by atoms with Crippen molar-refractivity contribution in [2.45, 2.75) is 32.8 Å². The molecule has 6 nitrogen and oxygen atoms in total. The van der Waals surface area contributed by atoms with Crippen molar-refractivity contribution in [1.29, 1.82) is 0 Å². The van der Waals surface area contributed by atoms with Gasteiger partial charge in [-0.05, 0) is 44.2 Å². The number of Topliss-reactive ketones (excluding diaryl/α,β-unsaturated/α-hetero) is 2. The van der Waals surface area contributed by atoms with Gasteiger partial charge in [0.2, 0.25) is 5.78 Å². The number of aromatic nitrogens is 1. The Balaban J connectivity index is 1.53. The van der Waals surface area contributed by atoms with Gasteiger partial charge in [-0.25, -0.2) is 0 Å². The van der Waals surface area contributed by atoms with E-state index >= 15 is 0 Å². The maximum absolute atomic E-state index is 12.6. The Morgan fingerprint density at radius 1 is 1.00 bits per heavy atom. The molecule has 1 aromatic heterocycles. The van der Waals surface area contributed by atoms with Crippen LogP contribution in [0.5, 0.6) is 5.75 Å². The topological polar surface area (TPSA) is 85.5 Å². The van der Waals surface area contributed by atoms with Crippen LogP contribution in [0.1, 0.15) is 47.4 Å². The molecule has 6 heteroatoms. The van der Waals surface area contributed by atoms with Crippen molar-refractivity contribution in [2.24, 2.45) is 0 Å². The van der Waals surface area contributed by atoms with Crippen molar-refractivity contribution in [3.63, 3.8) is 0 Å². The van der Waals surface area contributed by atoms with Gasteiger partial charge in [0.1, 0.15) is 5.75 Å². The summed E-state index contributed by atoms with van der Waals surface area (Å²) in [5.41, 5.74) is 1.82. The van der Waals surface area contributed by atoms with Crippen molar-refractivity contribution >= 4 is 28.4 Å². The second-order valence-corrected chi connectivity index (χ2v) is 6.62. The molecule has 0 amide bonds. The lowest BCUT2D eigenvalue weighted by Gasteiger charge is -2.12. The van der Waals surface area contributed by atoms with E-state index in [9.17, 15) is 14.4 Å². The molecule has 0 radical (unpaired) electrons. The first-order chi connectivity index (χ1) is 14.0. The Bertz CT molecular complexity index is 1020. The zero-order chi connectivity index (χ0) is 20.8. The Morgan fingerprint density at radius 2 is 1.72 bits per heavy atom. The second-order valence-electron chi connectivity index (χ2n) is 6.62.